The van der Waals surface area contributed by atoms with E-state index in [1.807, 2.05) is 6.07 Å². The number of carboxylic acid groups (broad SMARTS) is 1. The van der Waals surface area contributed by atoms with Crippen molar-refractivity contribution in [2.75, 3.05) is 13.1 Å². The lowest BCUT2D eigenvalue weighted by Gasteiger charge is -2.39. The first-order chi connectivity index (χ1) is 16.3. The fraction of sp³-hybridized carbons (Fsp3) is 0.480. The Bertz CT molecular complexity index is 1070. The summed E-state index contributed by atoms with van der Waals surface area (Å²) in [4.78, 5) is 13.1. The molecule has 0 bridgehead atoms. The number of benzene rings is 2. The molecule has 1 aliphatic heterocycles. The van der Waals surface area contributed by atoms with E-state index in [1.54, 1.807) is 30.0 Å². The molecule has 2 aromatic carbocycles. The molecule has 1 N–H and O–H groups in total. The van der Waals surface area contributed by atoms with Crippen LogP contribution in [0.3, 0.4) is 0 Å². The van der Waals surface area contributed by atoms with Gasteiger partial charge in [-0.15, -0.1) is 0 Å². The summed E-state index contributed by atoms with van der Waals surface area (Å²) in [6.45, 7) is 1.93. The van der Waals surface area contributed by atoms with Crippen molar-refractivity contribution in [1.29, 1.82) is 0 Å². The molecule has 2 atom stereocenters. The van der Waals surface area contributed by atoms with Crippen LogP contribution in [0.1, 0.15) is 47.9 Å². The molecular formula is C25H25F6NO3. The van der Waals surface area contributed by atoms with Gasteiger partial charge in [-0.1, -0.05) is 19.1 Å². The van der Waals surface area contributed by atoms with Crippen molar-refractivity contribution >= 4 is 5.97 Å². The molecule has 2 aliphatic rings. The number of hydrogen-bond donors (Lipinski definition) is 1. The quantitative estimate of drug-likeness (QED) is 0.438. The van der Waals surface area contributed by atoms with Gasteiger partial charge in [0.25, 0.3) is 0 Å². The van der Waals surface area contributed by atoms with Gasteiger partial charge in [-0.25, -0.2) is 0 Å². The summed E-state index contributed by atoms with van der Waals surface area (Å²) in [6, 6.07) is 8.67. The molecule has 0 spiro atoms. The van der Waals surface area contributed by atoms with Gasteiger partial charge in [-0.2, -0.15) is 26.3 Å². The monoisotopic (exact) mass is 501 g/mol. The highest BCUT2D eigenvalue weighted by molar-refractivity contribution is 5.71. The normalized spacial score (nSPS) is 19.2. The predicted octanol–water partition coefficient (Wildman–Crippen LogP) is 6.20. The zero-order valence-electron chi connectivity index (χ0n) is 18.9. The van der Waals surface area contributed by atoms with Crippen molar-refractivity contribution in [3.8, 4) is 5.75 Å². The highest BCUT2D eigenvalue weighted by Crippen LogP contribution is 2.47. The third kappa shape index (κ3) is 5.91. The zero-order valence-corrected chi connectivity index (χ0v) is 18.9. The van der Waals surface area contributed by atoms with Gasteiger partial charge in [0.1, 0.15) is 11.9 Å². The lowest BCUT2D eigenvalue weighted by Crippen LogP contribution is -2.53. The molecule has 1 saturated carbocycles. The molecule has 2 fully saturated rings. The summed E-state index contributed by atoms with van der Waals surface area (Å²) in [5, 5.41) is 9.46. The molecule has 4 rings (SSSR count). The van der Waals surface area contributed by atoms with Crippen LogP contribution in [0.2, 0.25) is 0 Å². The van der Waals surface area contributed by atoms with Crippen molar-refractivity contribution in [1.82, 2.24) is 4.90 Å². The Kier molecular flexibility index (Phi) is 6.78. The summed E-state index contributed by atoms with van der Waals surface area (Å²) < 4.78 is 85.0. The van der Waals surface area contributed by atoms with E-state index in [4.69, 9.17) is 4.74 Å². The second kappa shape index (κ2) is 9.37. The predicted molar refractivity (Wildman–Crippen MR) is 115 cm³/mol. The van der Waals surface area contributed by atoms with Crippen LogP contribution in [-0.2, 0) is 23.7 Å². The lowest BCUT2D eigenvalue weighted by atomic mass is 9.83. The van der Waals surface area contributed by atoms with E-state index in [0.717, 1.165) is 18.4 Å². The van der Waals surface area contributed by atoms with Gasteiger partial charge in [0, 0.05) is 19.6 Å². The fourth-order valence-corrected chi connectivity index (χ4v) is 4.71. The maximum Gasteiger partial charge on any atom is 0.416 e. The molecule has 0 amide bonds. The van der Waals surface area contributed by atoms with E-state index >= 15 is 0 Å². The smallest absolute Gasteiger partial charge is 0.416 e. The molecule has 1 heterocycles. The Hall–Kier alpha value is -2.75. The number of rotatable bonds is 8. The highest BCUT2D eigenvalue weighted by Gasteiger charge is 2.40. The first-order valence-electron chi connectivity index (χ1n) is 11.3. The van der Waals surface area contributed by atoms with Crippen LogP contribution in [-0.4, -0.2) is 35.2 Å². The van der Waals surface area contributed by atoms with Crippen molar-refractivity contribution in [3.63, 3.8) is 0 Å². The minimum absolute atomic E-state index is 0.129. The highest BCUT2D eigenvalue weighted by atomic mass is 19.4. The second-order valence-corrected chi connectivity index (χ2v) is 9.36. The maximum atomic E-state index is 13.3. The largest absolute Gasteiger partial charge is 0.488 e. The van der Waals surface area contributed by atoms with Crippen LogP contribution < -0.4 is 4.74 Å². The third-order valence-corrected chi connectivity index (χ3v) is 6.66. The summed E-state index contributed by atoms with van der Waals surface area (Å²) >= 11 is 0. The Balaban J connectivity index is 1.41. The molecule has 0 radical (unpaired) electrons. The lowest BCUT2D eigenvalue weighted by molar-refractivity contribution is -0.142. The van der Waals surface area contributed by atoms with Gasteiger partial charge in [0.05, 0.1) is 17.0 Å². The molecule has 0 aromatic heterocycles. The van der Waals surface area contributed by atoms with E-state index in [1.165, 1.54) is 0 Å². The number of aliphatic carboxylic acids is 1. The van der Waals surface area contributed by atoms with Gasteiger partial charge in [0.2, 0.25) is 0 Å². The van der Waals surface area contributed by atoms with Crippen LogP contribution in [0.15, 0.2) is 42.5 Å². The summed E-state index contributed by atoms with van der Waals surface area (Å²) in [5.74, 6) is -0.699. The summed E-state index contributed by atoms with van der Waals surface area (Å²) in [7, 11) is 0. The molecule has 1 aliphatic carbocycles. The minimum Gasteiger partial charge on any atom is -0.488 e. The van der Waals surface area contributed by atoms with Gasteiger partial charge in [-0.05, 0) is 66.1 Å². The van der Waals surface area contributed by atoms with Crippen LogP contribution in [0, 0.1) is 11.8 Å². The van der Waals surface area contributed by atoms with E-state index in [0.29, 0.717) is 29.9 Å². The number of ether oxygens (including phenoxy) is 1. The number of carbonyl (C=O) groups is 1. The molecule has 190 valence electrons. The van der Waals surface area contributed by atoms with E-state index < -0.39 is 40.9 Å². The Morgan fingerprint density at radius 2 is 1.74 bits per heavy atom. The van der Waals surface area contributed by atoms with Crippen molar-refractivity contribution in [2.24, 2.45) is 11.8 Å². The van der Waals surface area contributed by atoms with Crippen LogP contribution in [0.5, 0.6) is 5.75 Å². The molecule has 1 saturated heterocycles. The molecular weight excluding hydrogens is 476 g/mol. The molecule has 4 nitrogen and oxygen atoms in total. The van der Waals surface area contributed by atoms with Gasteiger partial charge >= 0.3 is 18.3 Å². The van der Waals surface area contributed by atoms with Crippen LogP contribution >= 0.6 is 0 Å². The maximum absolute atomic E-state index is 13.3. The number of carboxylic acids is 1. The van der Waals surface area contributed by atoms with E-state index in [-0.39, 0.29) is 31.7 Å². The van der Waals surface area contributed by atoms with Crippen LogP contribution in [0.25, 0.3) is 0 Å². The zero-order chi connectivity index (χ0) is 25.5. The average Bonchev–Trinajstić information content (AvgIpc) is 3.56. The Labute approximate surface area is 198 Å². The van der Waals surface area contributed by atoms with Gasteiger partial charge < -0.3 is 9.84 Å². The number of likely N-dealkylation sites (tertiary alicyclic amines) is 1. The van der Waals surface area contributed by atoms with Crippen molar-refractivity contribution < 1.29 is 41.0 Å². The summed E-state index contributed by atoms with van der Waals surface area (Å²) in [5.41, 5.74) is -1.76. The Morgan fingerprint density at radius 1 is 1.06 bits per heavy atom. The molecule has 0 unspecified atom stereocenters. The SMILES string of the molecule is C[C@H](C(=O)O)[C@H](c1cccc(OC2CN(Cc3cc(C(F)(F)F)ccc3C(F)(F)F)C2)c1)C1CC1. The fourth-order valence-electron chi connectivity index (χ4n) is 4.71. The first-order valence-corrected chi connectivity index (χ1v) is 11.3. The second-order valence-electron chi connectivity index (χ2n) is 9.36. The van der Waals surface area contributed by atoms with E-state index in [9.17, 15) is 36.2 Å². The Morgan fingerprint density at radius 3 is 2.31 bits per heavy atom. The standard InChI is InChI=1S/C25H25F6NO3/c1-14(23(33)34)22(15-5-6-15)16-3-2-4-19(10-16)35-20-12-32(13-20)11-17-9-18(24(26,27)28)7-8-21(17)25(29,30)31/h2-4,7-10,14-15,20,22H,5-6,11-13H2,1H3,(H,33,34)/t14-,22-/m0/s1. The number of alkyl halides is 6. The number of halogens is 6. The first kappa shape index (κ1) is 25.3. The number of nitrogens with zero attached hydrogens (tertiary/aromatic N) is 1. The van der Waals surface area contributed by atoms with Crippen molar-refractivity contribution in [3.05, 3.63) is 64.7 Å². The average molecular weight is 501 g/mol. The topological polar surface area (TPSA) is 49.8 Å². The molecule has 35 heavy (non-hydrogen) atoms. The number of hydrogen-bond acceptors (Lipinski definition) is 3. The van der Waals surface area contributed by atoms with Gasteiger partial charge in [-0.3, -0.25) is 9.69 Å². The van der Waals surface area contributed by atoms with E-state index in [2.05, 4.69) is 0 Å². The van der Waals surface area contributed by atoms with Crippen LogP contribution in [0.4, 0.5) is 26.3 Å². The third-order valence-electron chi connectivity index (χ3n) is 6.66. The van der Waals surface area contributed by atoms with Gasteiger partial charge in [0.15, 0.2) is 0 Å². The molecule has 2 aromatic rings. The minimum atomic E-state index is -4.76. The molecule has 10 heteroatoms. The summed E-state index contributed by atoms with van der Waals surface area (Å²) in [6.07, 6.45) is -7.88. The van der Waals surface area contributed by atoms with Crippen molar-refractivity contribution in [2.45, 2.75) is 50.7 Å².